The summed E-state index contributed by atoms with van der Waals surface area (Å²) in [6.07, 6.45) is 6.01. The van der Waals surface area contributed by atoms with Gasteiger partial charge in [-0.3, -0.25) is 11.3 Å². The average molecular weight is 2180 g/mol. The number of hydrogen-bond donors (Lipinski definition) is 0. The fourth-order valence-corrected chi connectivity index (χ4v) is 15.5. The number of halogens is 5. The fraction of sp³-hybridized carbons (Fsp3) is 0.156. The first-order valence-electron chi connectivity index (χ1n) is 42.5. The maximum atomic E-state index is 10.7. The summed E-state index contributed by atoms with van der Waals surface area (Å²) >= 11 is -0.472. The number of benzene rings is 13. The molecule has 5 aromatic heterocycles. The number of anilines is 4. The summed E-state index contributed by atoms with van der Waals surface area (Å²) in [7, 11) is 3.66. The van der Waals surface area contributed by atoms with Crippen LogP contribution in [0.2, 0.25) is 0 Å². The van der Waals surface area contributed by atoms with Crippen molar-refractivity contribution in [1.29, 1.82) is 5.26 Å². The third-order valence-corrected chi connectivity index (χ3v) is 22.8. The van der Waals surface area contributed by atoms with Gasteiger partial charge in [0.15, 0.2) is 21.2 Å². The molecule has 18 aromatic rings. The molecule has 13 aromatic carbocycles. The molecule has 0 saturated heterocycles. The van der Waals surface area contributed by atoms with Gasteiger partial charge in [-0.15, -0.1) is 48.1 Å². The monoisotopic (exact) mass is 2170 g/mol. The molecule has 0 bridgehead atoms. The normalized spacial score (nSPS) is 12.1. The molecule has 0 spiro atoms. The van der Waals surface area contributed by atoms with Crippen LogP contribution in [0.15, 0.2) is 340 Å². The molecule has 0 aliphatic carbocycles. The predicted molar refractivity (Wildman–Crippen MR) is 519 cm³/mol. The maximum Gasteiger partial charge on any atom is 0 e. The van der Waals surface area contributed by atoms with Gasteiger partial charge in [0.2, 0.25) is 0 Å². The van der Waals surface area contributed by atoms with Crippen LogP contribution < -0.4 is 23.8 Å². The quantitative estimate of drug-likeness (QED) is 0.0375. The first-order chi connectivity index (χ1) is 63.0. The molecular formula is C109H94Cl2F3N9O6Pt2S-4. The zero-order valence-electron chi connectivity index (χ0n) is 75.3. The fourth-order valence-electron chi connectivity index (χ4n) is 15.5. The Bertz CT molecular complexity index is 7360. The van der Waals surface area contributed by atoms with E-state index in [-0.39, 0.29) is 42.7 Å². The number of imidazole rings is 1. The van der Waals surface area contributed by atoms with Gasteiger partial charge in [-0.05, 0) is 193 Å². The number of ether oxygens (including phenoxy) is 2. The van der Waals surface area contributed by atoms with Gasteiger partial charge in [0.1, 0.15) is 34.5 Å². The van der Waals surface area contributed by atoms with Gasteiger partial charge in [0.05, 0.1) is 22.7 Å². The summed E-state index contributed by atoms with van der Waals surface area (Å²) in [5, 5.41) is 12.9. The Hall–Kier alpha value is -12.8. The maximum absolute atomic E-state index is 10.7. The first-order valence-corrected chi connectivity index (χ1v) is 49.0. The topological polar surface area (TPSA) is 167 Å². The van der Waals surface area contributed by atoms with Crippen molar-refractivity contribution in [3.05, 3.63) is 387 Å². The van der Waals surface area contributed by atoms with Gasteiger partial charge in [0, 0.05) is 90.4 Å². The number of fused-ring (bicyclic) bond motifs is 8. The Morgan fingerprint density at radius 2 is 0.939 bits per heavy atom. The molecule has 0 saturated carbocycles. The summed E-state index contributed by atoms with van der Waals surface area (Å²) in [6.45, 7) is 29.9. The molecule has 676 valence electrons. The summed E-state index contributed by atoms with van der Waals surface area (Å²) in [4.78, 5) is 22.5. The molecule has 0 amide bonds. The second-order valence-corrected chi connectivity index (χ2v) is 39.9. The number of para-hydroxylation sites is 6. The second kappa shape index (κ2) is 40.9. The molecule has 0 fully saturated rings. The second-order valence-electron chi connectivity index (χ2n) is 35.3. The van der Waals surface area contributed by atoms with Crippen LogP contribution in [0.25, 0.3) is 99.9 Å². The number of nitrogens with zero attached hydrogens (tertiary/aromatic N) is 9. The van der Waals surface area contributed by atoms with Crippen molar-refractivity contribution in [2.24, 2.45) is 0 Å². The van der Waals surface area contributed by atoms with Crippen molar-refractivity contribution in [3.63, 3.8) is 0 Å². The minimum Gasteiger partial charge on any atom is 0 e. The van der Waals surface area contributed by atoms with Crippen LogP contribution in [-0.2, 0) is 74.1 Å². The molecule has 19 rings (SSSR count). The van der Waals surface area contributed by atoms with E-state index in [2.05, 4.69) is 403 Å². The molecule has 132 heavy (non-hydrogen) atoms. The largest absolute Gasteiger partial charge is 0 e. The van der Waals surface area contributed by atoms with E-state index in [1.54, 1.807) is 12.1 Å². The molecule has 6 heterocycles. The number of aromatic nitrogens is 6. The van der Waals surface area contributed by atoms with Crippen LogP contribution in [0.5, 0.6) is 23.0 Å². The number of carbonyl (C=O) groups excluding carboxylic acids is 1. The molecule has 0 N–H and O–H groups in total. The molecule has 0 radical (unpaired) electrons. The van der Waals surface area contributed by atoms with Crippen LogP contribution in [0.4, 0.5) is 35.9 Å². The Morgan fingerprint density at radius 3 is 1.51 bits per heavy atom. The number of nitriles is 1. The number of rotatable bonds is 12. The van der Waals surface area contributed by atoms with Crippen molar-refractivity contribution in [2.45, 2.75) is 110 Å². The summed E-state index contributed by atoms with van der Waals surface area (Å²) in [5.41, 5.74) is 17.5. The summed E-state index contributed by atoms with van der Waals surface area (Å²) in [5.74, 6) is 4.50. The average Bonchev–Trinajstić information content (AvgIpc) is 1.62. The molecule has 0 unspecified atom stereocenters. The van der Waals surface area contributed by atoms with E-state index in [1.807, 2.05) is 60.9 Å². The SMILES string of the molecule is CC(C)(C)c1cc(-c2ccccc2)cc(-[n+]2cn(-c3cccc(Oc4ccc5c6ccccc6n(-c6cc(C(C)(C)C)ccn6)c5c4)c3)c3ccccc32)c1.CC(C)(C)c1cc(-c2ccccc2)cc(N2[CH-]N(c3[c-]c(Oc4[c-]c5c(cc4)c4ccccc4n5-c4cc(C(C)(C)C)ccn4)ccc3)c3ccccc32)c1.N#Cc1ccccc1.O=S(=O)([O-])C(F)(F)F.[2H][C-]=O.[Cl][Pt][Cl].[Pt]. The van der Waals surface area contributed by atoms with E-state index in [0.29, 0.717) is 17.1 Å². The Morgan fingerprint density at radius 1 is 0.470 bits per heavy atom. The minimum absolute atomic E-state index is 0. The summed E-state index contributed by atoms with van der Waals surface area (Å²) in [6, 6.07) is 121. The number of hydrogen-bond acceptors (Lipinski definition) is 11. The predicted octanol–water partition coefficient (Wildman–Crippen LogP) is 28.4. The molecular weight excluding hydrogens is 2080 g/mol. The first kappa shape index (κ1) is 95.3. The summed E-state index contributed by atoms with van der Waals surface area (Å²) < 4.78 is 86.6. The Labute approximate surface area is 800 Å². The van der Waals surface area contributed by atoms with Crippen LogP contribution in [0.3, 0.4) is 0 Å². The minimum atomic E-state index is -6.09. The van der Waals surface area contributed by atoms with Gasteiger partial charge < -0.3 is 33.2 Å². The zero-order chi connectivity index (χ0) is 94.0. The zero-order valence-corrected chi connectivity index (χ0v) is 81.2. The van der Waals surface area contributed by atoms with Crippen molar-refractivity contribution >= 4 is 113 Å². The van der Waals surface area contributed by atoms with Crippen LogP contribution in [0.1, 0.15) is 112 Å². The Kier molecular flexibility index (Phi) is 29.6. The molecule has 23 heteroatoms. The van der Waals surface area contributed by atoms with E-state index < -0.39 is 32.1 Å². The van der Waals surface area contributed by atoms with E-state index in [0.717, 1.165) is 113 Å². The van der Waals surface area contributed by atoms with Crippen molar-refractivity contribution < 1.29 is 83.9 Å². The molecule has 15 nitrogen and oxygen atoms in total. The van der Waals surface area contributed by atoms with E-state index in [4.69, 9.17) is 62.7 Å². The van der Waals surface area contributed by atoms with Gasteiger partial charge in [0.25, 0.3) is 6.33 Å². The molecule has 1 aliphatic rings. The number of alkyl halides is 3. The Balaban J connectivity index is 0.000000183. The molecule has 1 aliphatic heterocycles. The van der Waals surface area contributed by atoms with Crippen molar-refractivity contribution in [1.82, 2.24) is 23.7 Å². The smallest absolute Gasteiger partial charge is 0 e. The van der Waals surface area contributed by atoms with Gasteiger partial charge >= 0.3 is 40.8 Å². The van der Waals surface area contributed by atoms with Crippen LogP contribution in [0, 0.1) is 30.1 Å². The third kappa shape index (κ3) is 22.0. The standard InChI is InChI=1S/C50H45N4O.C50H43N4O.C7H5N.CHF3O3S.CHO.2ClH.2Pt/c2*1-49(2,3)36-25-26-51-48(30-36)54-44-20-11-10-19-42(44)43-24-23-41(32-47(43)54)55-40-18-14-17-38(31-40)52-33-53(46-22-13-12-21-45(46)52)39-28-35(34-15-8-7-9-16-34)27-37(29-39)50(4,5)6;8-6-7-4-2-1-3-5-7;2-1(3,4)8(5,6)7;1-2;;;;/h7-33H,1-6H3;7-30,33H,1-6H3;1-5H;(H,5,6,7);1H;2*1H;;/q+1;-3;;;-1;;;;+2/p-3/i;;;;1D;;;;. The van der Waals surface area contributed by atoms with Gasteiger partial charge in [-0.2, -0.15) is 41.1 Å². The van der Waals surface area contributed by atoms with Gasteiger partial charge in [-0.1, -0.05) is 246 Å². The van der Waals surface area contributed by atoms with Gasteiger partial charge in [-0.25, -0.2) is 18.4 Å². The number of pyridine rings is 2. The van der Waals surface area contributed by atoms with E-state index in [9.17, 15) is 13.2 Å². The van der Waals surface area contributed by atoms with Crippen molar-refractivity contribution in [2.75, 3.05) is 9.80 Å². The third-order valence-electron chi connectivity index (χ3n) is 22.2. The van der Waals surface area contributed by atoms with Crippen LogP contribution in [-0.4, -0.2) is 48.9 Å². The molecule has 0 atom stereocenters. The van der Waals surface area contributed by atoms with Crippen LogP contribution >= 0.6 is 18.8 Å². The van der Waals surface area contributed by atoms with E-state index in [1.165, 1.54) is 49.9 Å². The van der Waals surface area contributed by atoms with Crippen molar-refractivity contribution in [3.8, 4) is 74.3 Å². The van der Waals surface area contributed by atoms with E-state index >= 15 is 0 Å².